The van der Waals surface area contributed by atoms with E-state index in [-0.39, 0.29) is 99.4 Å². The highest BCUT2D eigenvalue weighted by Gasteiger charge is 2.36. The second-order valence-corrected chi connectivity index (χ2v) is 22.5. The Morgan fingerprint density at radius 2 is 1.43 bits per heavy atom. The molecule has 0 radical (unpaired) electrons. The van der Waals surface area contributed by atoms with Crippen LogP contribution >= 0.6 is 54.0 Å². The van der Waals surface area contributed by atoms with Crippen LogP contribution in [0.3, 0.4) is 0 Å². The zero-order chi connectivity index (χ0) is 53.4. The first-order valence-corrected chi connectivity index (χ1v) is 27.8. The summed E-state index contributed by atoms with van der Waals surface area (Å²) in [7, 11) is 0. The number of aliphatic hydroxyl groups is 3. The van der Waals surface area contributed by atoms with E-state index in [9.17, 15) is 4.79 Å². The van der Waals surface area contributed by atoms with Crippen molar-refractivity contribution in [3.05, 3.63) is 89.9 Å². The molecule has 456 valence electrons. The molecule has 80 heavy (non-hydrogen) atoms. The first-order valence-electron chi connectivity index (χ1n) is 27.8. The summed E-state index contributed by atoms with van der Waals surface area (Å²) < 4.78 is 11.7. The Morgan fingerprint density at radius 3 is 2.00 bits per heavy atom. The number of carbonyl (C=O) groups excluding carboxylic acids is 1. The number of carbonyl (C=O) groups is 1. The number of amides is 1. The second kappa shape index (κ2) is 37.7. The van der Waals surface area contributed by atoms with Crippen molar-refractivity contribution in [2.75, 3.05) is 88.6 Å². The predicted octanol–water partition coefficient (Wildman–Crippen LogP) is 10.2. The minimum Gasteiger partial charge on any atom is -0.462 e. The average molecular weight is 1190 g/mol. The smallest absolute Gasteiger partial charge is 0.410 e. The number of anilines is 2. The van der Waals surface area contributed by atoms with E-state index in [0.717, 1.165) is 88.3 Å². The van der Waals surface area contributed by atoms with Crippen LogP contribution in [0.4, 0.5) is 16.3 Å². The van der Waals surface area contributed by atoms with Gasteiger partial charge in [0.2, 0.25) is 6.54 Å². The fourth-order valence-electron chi connectivity index (χ4n) is 11.7. The zero-order valence-corrected chi connectivity index (χ0v) is 52.1. The lowest BCUT2D eigenvalue weighted by Crippen LogP contribution is -2.44. The number of allylic oxidation sites excluding steroid dienone is 2. The number of hydrogen-bond donors (Lipinski definition) is 4. The SMILES string of the molecule is C.C.CC(C)(C)OC(=O)N1CCC[C@H]1CO.CC(C)N1CCC[C@H]1CO.OC[C@@H]1CCCN1.S.S.S.S.[C-]#[N+]CC1CN(c2nc(OC[C@@H]3CCCN3C(C)C)nc3c2CCN(c2cccc4ccccc24)C3)CCC1C(=C)C=C. The van der Waals surface area contributed by atoms with E-state index in [1.165, 1.54) is 54.3 Å². The molecule has 19 heteroatoms. The first kappa shape index (κ1) is 76.6. The molecule has 4 N–H and O–H groups in total. The van der Waals surface area contributed by atoms with Crippen LogP contribution < -0.4 is 19.9 Å². The number of hydrogen-bond acceptors (Lipinski definition) is 13. The van der Waals surface area contributed by atoms with Crippen molar-refractivity contribution in [1.29, 1.82) is 0 Å². The van der Waals surface area contributed by atoms with E-state index in [4.69, 9.17) is 41.3 Å². The lowest BCUT2D eigenvalue weighted by atomic mass is 9.80. The van der Waals surface area contributed by atoms with Crippen molar-refractivity contribution in [1.82, 2.24) is 30.0 Å². The summed E-state index contributed by atoms with van der Waals surface area (Å²) >= 11 is 0. The standard InChI is InChI=1S/C36H44N6O.C10H19NO3.C8H17NO.C5H11NO.2CH4.4H2S/c1-6-26(4)30-16-20-41(22-28(30)21-37-5)35-32-17-19-40(34-15-9-12-27-11-7-8-14-31(27)34)23-33(32)38-36(39-35)43-24-29-13-10-18-42(29)25(2)3;1-10(2,3)14-9(13)11-6-4-5-8(11)7-12;1-7(2)9-5-3-4-8(9)6-10;7-4-5-2-1-3-6-5;;;;;;/h6-9,11-12,14-15,25,28-30H,1,4,10,13,16-24H2,2-3H3;8,12H,4-7H2,1-3H3;7-8,10H,3-6H2,1-2H3;5-7H,1-4H2;2*1H4;4*1H2/t28?,29-,30?;2*8-;5-;;;;;;/m0000....../s1. The second-order valence-electron chi connectivity index (χ2n) is 22.5. The van der Waals surface area contributed by atoms with Gasteiger partial charge in [0, 0.05) is 73.0 Å². The van der Waals surface area contributed by atoms with Crippen molar-refractivity contribution in [3.8, 4) is 6.01 Å². The van der Waals surface area contributed by atoms with Gasteiger partial charge in [-0.25, -0.2) is 11.4 Å². The fourth-order valence-corrected chi connectivity index (χ4v) is 11.7. The molecule has 2 aromatic carbocycles. The van der Waals surface area contributed by atoms with E-state index in [1.807, 2.05) is 26.8 Å². The van der Waals surface area contributed by atoms with Crippen LogP contribution in [0.1, 0.15) is 132 Å². The maximum Gasteiger partial charge on any atom is 0.410 e. The molecule has 0 saturated carbocycles. The number of fused-ring (bicyclic) bond motifs is 2. The number of nitrogens with one attached hydrogen (secondary N) is 1. The molecule has 1 aromatic heterocycles. The number of nitrogens with zero attached hydrogens (tertiary/aromatic N) is 8. The highest BCUT2D eigenvalue weighted by atomic mass is 32.1. The lowest BCUT2D eigenvalue weighted by Gasteiger charge is -2.39. The summed E-state index contributed by atoms with van der Waals surface area (Å²) in [4.78, 5) is 37.0. The van der Waals surface area contributed by atoms with Crippen LogP contribution in [-0.2, 0) is 17.7 Å². The highest BCUT2D eigenvalue weighted by molar-refractivity contribution is 7.59. The number of piperidine rings is 1. The average Bonchev–Trinajstić information content (AvgIpc) is 4.26. The number of likely N-dealkylation sites (tertiary alicyclic amines) is 3. The van der Waals surface area contributed by atoms with Gasteiger partial charge in [-0.3, -0.25) is 9.80 Å². The zero-order valence-electron chi connectivity index (χ0n) is 48.1. The molecule has 0 bridgehead atoms. The van der Waals surface area contributed by atoms with E-state index < -0.39 is 5.60 Å². The summed E-state index contributed by atoms with van der Waals surface area (Å²) in [5.41, 5.74) is 4.09. The minimum atomic E-state index is -0.459. The van der Waals surface area contributed by atoms with Gasteiger partial charge in [-0.05, 0) is 150 Å². The minimum absolute atomic E-state index is 0. The molecule has 6 aliphatic rings. The Balaban J connectivity index is 0.00000138. The van der Waals surface area contributed by atoms with Crippen LogP contribution in [0.25, 0.3) is 15.6 Å². The molecule has 1 amide bonds. The van der Waals surface area contributed by atoms with Crippen molar-refractivity contribution < 1.29 is 29.6 Å². The molecule has 5 fully saturated rings. The van der Waals surface area contributed by atoms with Crippen LogP contribution in [0.2, 0.25) is 0 Å². The molecule has 2 unspecified atom stereocenters. The molecule has 0 spiro atoms. The number of ether oxygens (including phenoxy) is 2. The van der Waals surface area contributed by atoms with Crippen molar-refractivity contribution in [3.63, 3.8) is 0 Å². The molecule has 7 heterocycles. The maximum atomic E-state index is 11.6. The Morgan fingerprint density at radius 1 is 0.800 bits per heavy atom. The van der Waals surface area contributed by atoms with Crippen LogP contribution in [-0.4, -0.2) is 167 Å². The van der Waals surface area contributed by atoms with Crippen molar-refractivity contribution in [2.45, 2.75) is 176 Å². The van der Waals surface area contributed by atoms with Crippen molar-refractivity contribution >= 4 is 82.4 Å². The van der Waals surface area contributed by atoms with E-state index in [2.05, 4.69) is 113 Å². The van der Waals surface area contributed by atoms with E-state index >= 15 is 0 Å². The third-order valence-electron chi connectivity index (χ3n) is 15.6. The van der Waals surface area contributed by atoms with E-state index in [0.29, 0.717) is 75.7 Å². The Hall–Kier alpha value is -3.42. The molecule has 9 rings (SSSR count). The number of rotatable bonds is 13. The Labute approximate surface area is 511 Å². The topological polar surface area (TPSA) is 155 Å². The Bertz CT molecular complexity index is 2310. The quantitative estimate of drug-likeness (QED) is 0.0949. The van der Waals surface area contributed by atoms with Gasteiger partial charge in [0.05, 0.1) is 44.0 Å². The van der Waals surface area contributed by atoms with Gasteiger partial charge in [0.25, 0.3) is 0 Å². The van der Waals surface area contributed by atoms with Gasteiger partial charge >= 0.3 is 12.1 Å². The molecular formula is C61H107N9O6S4. The van der Waals surface area contributed by atoms with Gasteiger partial charge in [-0.15, -0.1) is 0 Å². The number of aromatic nitrogens is 2. The molecular weight excluding hydrogens is 1080 g/mol. The van der Waals surface area contributed by atoms with Gasteiger partial charge in [-0.1, -0.05) is 76.1 Å². The Kier molecular flexibility index (Phi) is 36.1. The number of benzene rings is 2. The van der Waals surface area contributed by atoms with Gasteiger partial charge in [-0.2, -0.15) is 64.0 Å². The molecule has 6 aliphatic heterocycles. The molecule has 15 nitrogen and oxygen atoms in total. The maximum absolute atomic E-state index is 11.6. The molecule has 0 aliphatic carbocycles. The normalized spacial score (nSPS) is 22.3. The van der Waals surface area contributed by atoms with Crippen LogP contribution in [0, 0.1) is 18.4 Å². The summed E-state index contributed by atoms with van der Waals surface area (Å²) in [6.07, 6.45) is 12.3. The van der Waals surface area contributed by atoms with Gasteiger partial charge in [0.1, 0.15) is 18.0 Å². The summed E-state index contributed by atoms with van der Waals surface area (Å²) in [6, 6.07) is 17.9. The van der Waals surface area contributed by atoms with Gasteiger partial charge in [0.15, 0.2) is 0 Å². The fraction of sp³-hybridized carbons (Fsp3) is 0.672. The molecule has 5 saturated heterocycles. The first-order chi connectivity index (χ1) is 35.6. The third-order valence-corrected chi connectivity index (χ3v) is 15.6. The van der Waals surface area contributed by atoms with E-state index in [1.54, 1.807) is 4.90 Å². The largest absolute Gasteiger partial charge is 0.462 e. The lowest BCUT2D eigenvalue weighted by molar-refractivity contribution is 0.0176. The highest BCUT2D eigenvalue weighted by Crippen LogP contribution is 2.38. The van der Waals surface area contributed by atoms with Crippen LogP contribution in [0.5, 0.6) is 6.01 Å². The monoisotopic (exact) mass is 1190 g/mol. The summed E-state index contributed by atoms with van der Waals surface area (Å²) in [5.74, 6) is 1.46. The molecule has 6 atom stereocenters. The summed E-state index contributed by atoms with van der Waals surface area (Å²) in [5, 5.41) is 32.2. The molecule has 3 aromatic rings. The van der Waals surface area contributed by atoms with Crippen molar-refractivity contribution in [2.24, 2.45) is 11.8 Å². The van der Waals surface area contributed by atoms with Crippen LogP contribution in [0.15, 0.2) is 67.3 Å². The number of aliphatic hydroxyl groups excluding tert-OH is 3. The third kappa shape index (κ3) is 21.3. The van der Waals surface area contributed by atoms with Gasteiger partial charge < -0.3 is 49.7 Å². The summed E-state index contributed by atoms with van der Waals surface area (Å²) in [6.45, 7) is 39.3. The predicted molar refractivity (Wildman–Crippen MR) is 354 cm³/mol.